The first-order valence-corrected chi connectivity index (χ1v) is 10.8. The van der Waals surface area contributed by atoms with Crippen molar-refractivity contribution in [1.82, 2.24) is 10.2 Å². The second kappa shape index (κ2) is 9.45. The molecule has 1 N–H and O–H groups in total. The summed E-state index contributed by atoms with van der Waals surface area (Å²) < 4.78 is 5.86. The highest BCUT2D eigenvalue weighted by Crippen LogP contribution is 2.35. The van der Waals surface area contributed by atoms with Crippen LogP contribution in [0.5, 0.6) is 5.75 Å². The molecule has 3 heteroatoms. The molecule has 3 nitrogen and oxygen atoms in total. The Morgan fingerprint density at radius 3 is 2.37 bits per heavy atom. The lowest BCUT2D eigenvalue weighted by atomic mass is 9.88. The number of ether oxygens (including phenoxy) is 1. The predicted octanol–water partition coefficient (Wildman–Crippen LogP) is 7.11. The van der Waals surface area contributed by atoms with Crippen molar-refractivity contribution in [2.24, 2.45) is 0 Å². The number of H-pyrrole nitrogens is 1. The Morgan fingerprint density at radius 2 is 1.63 bits per heavy atom. The average molecular weight is 397 g/mol. The highest BCUT2D eigenvalue weighted by molar-refractivity contribution is 6.00. The molecule has 1 heterocycles. The van der Waals surface area contributed by atoms with E-state index < -0.39 is 0 Å². The minimum absolute atomic E-state index is 0.770. The standard InChI is InChI=1S/C27H28N2O/c1-3-5-17-30-24-14-11-20(12-15-24)25(4-2)27(21-9-7-6-8-10-21)22-13-16-26-23(18-22)19-28-29-26/h6-16,18-19H,3-5,17H2,1-2H3,(H,28,29)/b27-25+. The largest absolute Gasteiger partial charge is 0.494 e. The molecule has 0 aliphatic rings. The van der Waals surface area contributed by atoms with E-state index in [9.17, 15) is 0 Å². The number of rotatable bonds is 8. The monoisotopic (exact) mass is 396 g/mol. The maximum atomic E-state index is 5.86. The maximum absolute atomic E-state index is 5.86. The van der Waals surface area contributed by atoms with Gasteiger partial charge < -0.3 is 4.74 Å². The zero-order valence-electron chi connectivity index (χ0n) is 17.7. The molecule has 152 valence electrons. The van der Waals surface area contributed by atoms with Crippen LogP contribution in [0.2, 0.25) is 0 Å². The maximum Gasteiger partial charge on any atom is 0.119 e. The zero-order valence-corrected chi connectivity index (χ0v) is 17.7. The van der Waals surface area contributed by atoms with Gasteiger partial charge in [-0.3, -0.25) is 5.10 Å². The number of benzene rings is 3. The fourth-order valence-electron chi connectivity index (χ4n) is 3.83. The SMILES string of the molecule is CCCCOc1ccc(/C(CC)=C(\c2ccccc2)c2ccc3[nH]ncc3c2)cc1. The Kier molecular flexibility index (Phi) is 6.29. The Balaban J connectivity index is 1.80. The van der Waals surface area contributed by atoms with Gasteiger partial charge in [0.25, 0.3) is 0 Å². The molecule has 0 radical (unpaired) electrons. The summed E-state index contributed by atoms with van der Waals surface area (Å²) in [6.07, 6.45) is 5.04. The van der Waals surface area contributed by atoms with Crippen LogP contribution >= 0.6 is 0 Å². The summed E-state index contributed by atoms with van der Waals surface area (Å²) in [6.45, 7) is 5.17. The smallest absolute Gasteiger partial charge is 0.119 e. The molecule has 0 saturated heterocycles. The second-order valence-corrected chi connectivity index (χ2v) is 7.47. The normalized spacial score (nSPS) is 12.1. The number of allylic oxidation sites excluding steroid dienone is 1. The van der Waals surface area contributed by atoms with E-state index in [1.165, 1.54) is 27.8 Å². The van der Waals surface area contributed by atoms with Crippen molar-refractivity contribution in [3.8, 4) is 5.75 Å². The Morgan fingerprint density at radius 1 is 0.867 bits per heavy atom. The van der Waals surface area contributed by atoms with Gasteiger partial charge in [-0.1, -0.05) is 68.8 Å². The van der Waals surface area contributed by atoms with Crippen LogP contribution in [0.4, 0.5) is 0 Å². The van der Waals surface area contributed by atoms with Crippen molar-refractivity contribution < 1.29 is 4.74 Å². The molecule has 0 unspecified atom stereocenters. The number of nitrogens with one attached hydrogen (secondary N) is 1. The average Bonchev–Trinajstić information content (AvgIpc) is 3.27. The third kappa shape index (κ3) is 4.30. The van der Waals surface area contributed by atoms with E-state index >= 15 is 0 Å². The molecule has 0 spiro atoms. The fourth-order valence-corrected chi connectivity index (χ4v) is 3.83. The Bertz CT molecular complexity index is 1120. The lowest BCUT2D eigenvalue weighted by Crippen LogP contribution is -1.97. The van der Waals surface area contributed by atoms with Crippen LogP contribution in [0.3, 0.4) is 0 Å². The summed E-state index contributed by atoms with van der Waals surface area (Å²) in [4.78, 5) is 0. The summed E-state index contributed by atoms with van der Waals surface area (Å²) in [5.74, 6) is 0.934. The summed E-state index contributed by atoms with van der Waals surface area (Å²) in [7, 11) is 0. The quantitative estimate of drug-likeness (QED) is 0.254. The molecule has 30 heavy (non-hydrogen) atoms. The third-order valence-corrected chi connectivity index (χ3v) is 5.42. The number of aromatic nitrogens is 2. The predicted molar refractivity (Wildman–Crippen MR) is 126 cm³/mol. The molecule has 1 aromatic heterocycles. The number of unbranched alkanes of at least 4 members (excludes halogenated alkanes) is 1. The minimum Gasteiger partial charge on any atom is -0.494 e. The number of aromatic amines is 1. The van der Waals surface area contributed by atoms with Gasteiger partial charge in [0.15, 0.2) is 0 Å². The fraction of sp³-hybridized carbons (Fsp3) is 0.222. The molecule has 0 atom stereocenters. The first-order valence-electron chi connectivity index (χ1n) is 10.8. The van der Waals surface area contributed by atoms with Crippen LogP contribution in [0.15, 0.2) is 79.0 Å². The second-order valence-electron chi connectivity index (χ2n) is 7.47. The molecule has 4 rings (SSSR count). The van der Waals surface area contributed by atoms with Gasteiger partial charge in [-0.2, -0.15) is 5.10 Å². The van der Waals surface area contributed by atoms with Crippen molar-refractivity contribution >= 4 is 22.0 Å². The molecule has 0 fully saturated rings. The molecular formula is C27H28N2O. The lowest BCUT2D eigenvalue weighted by Gasteiger charge is -2.17. The summed E-state index contributed by atoms with van der Waals surface area (Å²) in [5, 5.41) is 8.35. The van der Waals surface area contributed by atoms with Crippen molar-refractivity contribution in [2.45, 2.75) is 33.1 Å². The van der Waals surface area contributed by atoms with E-state index in [1.807, 2.05) is 6.20 Å². The first-order chi connectivity index (χ1) is 14.8. The third-order valence-electron chi connectivity index (χ3n) is 5.42. The number of nitrogens with zero attached hydrogens (tertiary/aromatic N) is 1. The minimum atomic E-state index is 0.770. The van der Waals surface area contributed by atoms with E-state index in [4.69, 9.17) is 4.74 Å². The van der Waals surface area contributed by atoms with E-state index in [2.05, 4.69) is 96.8 Å². The molecule has 0 saturated carbocycles. The van der Waals surface area contributed by atoms with Gasteiger partial charge in [0.05, 0.1) is 18.3 Å². The molecule has 3 aromatic carbocycles. The van der Waals surface area contributed by atoms with Crippen LogP contribution < -0.4 is 4.74 Å². The molecule has 4 aromatic rings. The van der Waals surface area contributed by atoms with Gasteiger partial charge in [0.2, 0.25) is 0 Å². The Labute approximate surface area is 178 Å². The number of hydrogen-bond donors (Lipinski definition) is 1. The highest BCUT2D eigenvalue weighted by Gasteiger charge is 2.14. The van der Waals surface area contributed by atoms with Crippen molar-refractivity contribution in [3.63, 3.8) is 0 Å². The summed E-state index contributed by atoms with van der Waals surface area (Å²) in [5.41, 5.74) is 7.30. The van der Waals surface area contributed by atoms with E-state index in [1.54, 1.807) is 0 Å². The van der Waals surface area contributed by atoms with Crippen LogP contribution in [-0.4, -0.2) is 16.8 Å². The molecular weight excluding hydrogens is 368 g/mol. The topological polar surface area (TPSA) is 37.9 Å². The van der Waals surface area contributed by atoms with E-state index in [-0.39, 0.29) is 0 Å². The van der Waals surface area contributed by atoms with Crippen molar-refractivity contribution in [2.75, 3.05) is 6.61 Å². The van der Waals surface area contributed by atoms with Crippen LogP contribution in [0.25, 0.3) is 22.0 Å². The number of hydrogen-bond acceptors (Lipinski definition) is 2. The molecule has 0 amide bonds. The summed E-state index contributed by atoms with van der Waals surface area (Å²) >= 11 is 0. The van der Waals surface area contributed by atoms with Crippen LogP contribution in [0, 0.1) is 0 Å². The van der Waals surface area contributed by atoms with E-state index in [0.717, 1.165) is 42.5 Å². The van der Waals surface area contributed by atoms with Gasteiger partial charge in [0, 0.05) is 5.39 Å². The van der Waals surface area contributed by atoms with Crippen molar-refractivity contribution in [1.29, 1.82) is 0 Å². The van der Waals surface area contributed by atoms with Crippen LogP contribution in [-0.2, 0) is 0 Å². The van der Waals surface area contributed by atoms with Gasteiger partial charge in [-0.15, -0.1) is 0 Å². The van der Waals surface area contributed by atoms with Gasteiger partial charge in [-0.25, -0.2) is 0 Å². The zero-order chi connectivity index (χ0) is 20.8. The highest BCUT2D eigenvalue weighted by atomic mass is 16.5. The molecule has 0 aliphatic heterocycles. The Hall–Kier alpha value is -3.33. The van der Waals surface area contributed by atoms with Gasteiger partial charge in [0.1, 0.15) is 5.75 Å². The first kappa shape index (κ1) is 20.0. The summed E-state index contributed by atoms with van der Waals surface area (Å²) in [6, 6.07) is 25.7. The van der Waals surface area contributed by atoms with Crippen molar-refractivity contribution in [3.05, 3.63) is 95.7 Å². The number of fused-ring (bicyclic) bond motifs is 1. The van der Waals surface area contributed by atoms with Gasteiger partial charge in [-0.05, 0) is 64.9 Å². The molecule has 0 aliphatic carbocycles. The van der Waals surface area contributed by atoms with Crippen LogP contribution in [0.1, 0.15) is 49.8 Å². The molecule has 0 bridgehead atoms. The van der Waals surface area contributed by atoms with E-state index in [0.29, 0.717) is 0 Å². The lowest BCUT2D eigenvalue weighted by molar-refractivity contribution is 0.309. The van der Waals surface area contributed by atoms with Gasteiger partial charge >= 0.3 is 0 Å².